The number of fused-ring (bicyclic) bond motifs is 6. The fourth-order valence-corrected chi connectivity index (χ4v) is 7.45. The lowest BCUT2D eigenvalue weighted by atomic mass is 9.47. The molecule has 142 valence electrons. The summed E-state index contributed by atoms with van der Waals surface area (Å²) in [6.45, 7) is 6.47. The highest BCUT2D eigenvalue weighted by molar-refractivity contribution is 5.66. The van der Waals surface area contributed by atoms with Crippen molar-refractivity contribution in [2.75, 3.05) is 5.32 Å². The van der Waals surface area contributed by atoms with Gasteiger partial charge in [0, 0.05) is 23.9 Å². The number of ether oxygens (including phenoxy) is 1. The highest BCUT2D eigenvalue weighted by Gasteiger charge is 2.61. The third kappa shape index (κ3) is 2.15. The molecule has 0 bridgehead atoms. The number of aromatic nitrogens is 2. The van der Waals surface area contributed by atoms with Gasteiger partial charge < -0.3 is 10.1 Å². The van der Waals surface area contributed by atoms with Gasteiger partial charge in [-0.15, -0.1) is 0 Å². The normalized spacial score (nSPS) is 46.3. The minimum atomic E-state index is -0.112. The van der Waals surface area contributed by atoms with Gasteiger partial charge in [0.15, 0.2) is 0 Å². The summed E-state index contributed by atoms with van der Waals surface area (Å²) < 4.78 is 5.77. The Morgan fingerprint density at radius 2 is 1.96 bits per heavy atom. The predicted octanol–water partition coefficient (Wildman–Crippen LogP) is 3.92. The second-order valence-corrected chi connectivity index (χ2v) is 9.82. The van der Waals surface area contributed by atoms with Crippen LogP contribution in [0.25, 0.3) is 0 Å². The lowest BCUT2D eigenvalue weighted by Gasteiger charge is -2.60. The number of nitrogens with one attached hydrogen (secondary N) is 2. The van der Waals surface area contributed by atoms with Crippen LogP contribution >= 0.6 is 0 Å². The van der Waals surface area contributed by atoms with Gasteiger partial charge in [-0.2, -0.15) is 5.10 Å². The third-order valence-electron chi connectivity index (χ3n) is 8.70. The highest BCUT2D eigenvalue weighted by atomic mass is 16.5. The first kappa shape index (κ1) is 16.6. The smallest absolute Gasteiger partial charge is 0.302 e. The topological polar surface area (TPSA) is 67.0 Å². The molecule has 5 nitrogen and oxygen atoms in total. The molecule has 5 heteroatoms. The molecule has 0 spiro atoms. The van der Waals surface area contributed by atoms with E-state index in [-0.39, 0.29) is 17.5 Å². The summed E-state index contributed by atoms with van der Waals surface area (Å²) in [6.07, 6.45) is 10.5. The number of hydrogen-bond acceptors (Lipinski definition) is 4. The second kappa shape index (κ2) is 5.49. The van der Waals surface area contributed by atoms with E-state index in [2.05, 4.69) is 29.4 Å². The average Bonchev–Trinajstić information content (AvgIpc) is 3.16. The monoisotopic (exact) mass is 357 g/mol. The van der Waals surface area contributed by atoms with Crippen LogP contribution in [0.1, 0.15) is 64.9 Å². The molecular formula is C21H31N3O2. The molecule has 5 rings (SSSR count). The van der Waals surface area contributed by atoms with Gasteiger partial charge in [0.2, 0.25) is 0 Å². The molecule has 4 aliphatic rings. The zero-order valence-corrected chi connectivity index (χ0v) is 16.2. The Hall–Kier alpha value is -1.52. The zero-order valence-electron chi connectivity index (χ0n) is 16.2. The number of anilines is 1. The molecule has 2 heterocycles. The molecule has 0 amide bonds. The van der Waals surface area contributed by atoms with Crippen LogP contribution in [0.4, 0.5) is 5.82 Å². The number of rotatable bonds is 1. The molecule has 3 fully saturated rings. The van der Waals surface area contributed by atoms with Gasteiger partial charge in [-0.1, -0.05) is 13.8 Å². The number of hydrogen-bond donors (Lipinski definition) is 2. The number of carbonyl (C=O) groups is 1. The number of esters is 1. The lowest BCUT2D eigenvalue weighted by molar-refractivity contribution is -0.158. The van der Waals surface area contributed by atoms with Gasteiger partial charge in [0.1, 0.15) is 11.9 Å². The number of H-pyrrole nitrogens is 1. The molecule has 2 N–H and O–H groups in total. The van der Waals surface area contributed by atoms with Gasteiger partial charge in [0.25, 0.3) is 0 Å². The van der Waals surface area contributed by atoms with E-state index in [4.69, 9.17) is 4.74 Å². The molecule has 3 saturated carbocycles. The summed E-state index contributed by atoms with van der Waals surface area (Å²) in [6, 6.07) is 0.548. The molecule has 0 radical (unpaired) electrons. The van der Waals surface area contributed by atoms with Crippen LogP contribution in [0.3, 0.4) is 0 Å². The van der Waals surface area contributed by atoms with E-state index in [1.54, 1.807) is 6.92 Å². The van der Waals surface area contributed by atoms with E-state index in [0.29, 0.717) is 17.4 Å². The van der Waals surface area contributed by atoms with Crippen molar-refractivity contribution in [3.05, 3.63) is 11.8 Å². The summed E-state index contributed by atoms with van der Waals surface area (Å²) in [5.74, 6) is 3.26. The molecule has 0 saturated heterocycles. The van der Waals surface area contributed by atoms with Gasteiger partial charge in [-0.3, -0.25) is 9.89 Å². The lowest BCUT2D eigenvalue weighted by Crippen LogP contribution is -2.58. The maximum atomic E-state index is 11.6. The van der Waals surface area contributed by atoms with Gasteiger partial charge >= 0.3 is 5.97 Å². The third-order valence-corrected chi connectivity index (χ3v) is 8.70. The Morgan fingerprint density at radius 1 is 1.15 bits per heavy atom. The maximum Gasteiger partial charge on any atom is 0.302 e. The van der Waals surface area contributed by atoms with Crippen molar-refractivity contribution >= 4 is 11.8 Å². The van der Waals surface area contributed by atoms with E-state index in [1.165, 1.54) is 37.7 Å². The van der Waals surface area contributed by atoms with Gasteiger partial charge in [-0.25, -0.2) is 0 Å². The summed E-state index contributed by atoms with van der Waals surface area (Å²) in [5.41, 5.74) is 1.83. The van der Waals surface area contributed by atoms with E-state index < -0.39 is 0 Å². The van der Waals surface area contributed by atoms with Crippen LogP contribution in [-0.4, -0.2) is 28.3 Å². The number of aromatic amines is 1. The van der Waals surface area contributed by atoms with Crippen molar-refractivity contribution in [1.82, 2.24) is 10.2 Å². The first-order chi connectivity index (χ1) is 12.4. The SMILES string of the molecule is CC(=O)O[C@H]1CCC2[C@@H]3CCC4Nc5[nH]ncc5C[C@]4(C)C3CC[C@@]21C. The molecule has 1 aliphatic heterocycles. The highest BCUT2D eigenvalue weighted by Crippen LogP contribution is 2.64. The molecule has 3 aliphatic carbocycles. The summed E-state index contributed by atoms with van der Waals surface area (Å²) >= 11 is 0. The Balaban J connectivity index is 1.44. The summed E-state index contributed by atoms with van der Waals surface area (Å²) in [4.78, 5) is 11.6. The fourth-order valence-electron chi connectivity index (χ4n) is 7.45. The van der Waals surface area contributed by atoms with Crippen LogP contribution in [0, 0.1) is 28.6 Å². The summed E-state index contributed by atoms with van der Waals surface area (Å²) in [5, 5.41) is 11.2. The van der Waals surface area contributed by atoms with Crippen LogP contribution in [0.5, 0.6) is 0 Å². The molecule has 1 aromatic heterocycles. The van der Waals surface area contributed by atoms with Crippen molar-refractivity contribution in [2.45, 2.75) is 77.9 Å². The van der Waals surface area contributed by atoms with Crippen LogP contribution in [-0.2, 0) is 16.0 Å². The van der Waals surface area contributed by atoms with Crippen molar-refractivity contribution in [2.24, 2.45) is 28.6 Å². The van der Waals surface area contributed by atoms with Gasteiger partial charge in [-0.05, 0) is 68.1 Å². The Kier molecular flexibility index (Phi) is 3.51. The molecule has 7 atom stereocenters. The van der Waals surface area contributed by atoms with Crippen molar-refractivity contribution in [3.63, 3.8) is 0 Å². The van der Waals surface area contributed by atoms with Crippen molar-refractivity contribution in [3.8, 4) is 0 Å². The Bertz CT molecular complexity index is 731. The predicted molar refractivity (Wildman–Crippen MR) is 99.6 cm³/mol. The molecule has 3 unspecified atom stereocenters. The van der Waals surface area contributed by atoms with Crippen LogP contribution in [0.2, 0.25) is 0 Å². The second-order valence-electron chi connectivity index (χ2n) is 9.82. The van der Waals surface area contributed by atoms with E-state index >= 15 is 0 Å². The Labute approximate surface area is 155 Å². The molecule has 26 heavy (non-hydrogen) atoms. The Morgan fingerprint density at radius 3 is 2.77 bits per heavy atom. The number of nitrogens with zero attached hydrogens (tertiary/aromatic N) is 1. The largest absolute Gasteiger partial charge is 0.462 e. The zero-order chi connectivity index (χ0) is 18.1. The average molecular weight is 357 g/mol. The fraction of sp³-hybridized carbons (Fsp3) is 0.810. The molecular weight excluding hydrogens is 326 g/mol. The van der Waals surface area contributed by atoms with Gasteiger partial charge in [0.05, 0.1) is 6.20 Å². The summed E-state index contributed by atoms with van der Waals surface area (Å²) in [7, 11) is 0. The standard InChI is InChI=1S/C21H31N3O2/c1-12(25)26-18-7-5-15-14-4-6-17-21(3,16(14)8-9-20(15,18)2)10-13-11-22-24-19(13)23-17/h11,14-18H,4-10H2,1-3H3,(H2,22,23,24)/t14-,15?,16?,17?,18-,20-,21+/m0/s1. The van der Waals surface area contributed by atoms with Crippen molar-refractivity contribution in [1.29, 1.82) is 0 Å². The van der Waals surface area contributed by atoms with E-state index in [9.17, 15) is 4.79 Å². The number of carbonyl (C=O) groups excluding carboxylic acids is 1. The quantitative estimate of drug-likeness (QED) is 0.748. The molecule has 1 aromatic rings. The minimum absolute atomic E-state index is 0.112. The minimum Gasteiger partial charge on any atom is -0.462 e. The van der Waals surface area contributed by atoms with Crippen LogP contribution < -0.4 is 5.32 Å². The maximum absolute atomic E-state index is 11.6. The molecule has 0 aromatic carbocycles. The first-order valence-electron chi connectivity index (χ1n) is 10.4. The van der Waals surface area contributed by atoms with E-state index in [0.717, 1.165) is 30.5 Å². The van der Waals surface area contributed by atoms with Crippen LogP contribution in [0.15, 0.2) is 6.20 Å². The van der Waals surface area contributed by atoms with Crippen molar-refractivity contribution < 1.29 is 9.53 Å². The van der Waals surface area contributed by atoms with E-state index in [1.807, 2.05) is 6.20 Å². The first-order valence-corrected chi connectivity index (χ1v) is 10.4.